The summed E-state index contributed by atoms with van der Waals surface area (Å²) in [5.74, 6) is -0.515. The number of ether oxygens (including phenoxy) is 1. The van der Waals surface area contributed by atoms with E-state index in [9.17, 15) is 22.8 Å². The van der Waals surface area contributed by atoms with E-state index in [2.05, 4.69) is 11.9 Å². The molecule has 0 bridgehead atoms. The van der Waals surface area contributed by atoms with E-state index in [0.29, 0.717) is 25.7 Å². The molecule has 0 heterocycles. The number of unbranched alkanes of at least 4 members (excludes halogenated alkanes) is 2. The number of sulfonamides is 1. The molecule has 9 heteroatoms. The monoisotopic (exact) mass is 424 g/mol. The first-order valence-electron chi connectivity index (χ1n) is 9.34. The Bertz CT molecular complexity index is 821. The van der Waals surface area contributed by atoms with Gasteiger partial charge in [-0.2, -0.15) is 0 Å². The highest BCUT2D eigenvalue weighted by Crippen LogP contribution is 2.16. The van der Waals surface area contributed by atoms with Gasteiger partial charge >= 0.3 is 12.0 Å². The van der Waals surface area contributed by atoms with Gasteiger partial charge in [0.25, 0.3) is 10.0 Å². The number of carbonyl (C=O) groups excluding carboxylic acids is 3. The number of nitrogens with one attached hydrogen (secondary N) is 1. The van der Waals surface area contributed by atoms with Crippen LogP contribution in [0.2, 0.25) is 0 Å². The van der Waals surface area contributed by atoms with Gasteiger partial charge in [-0.05, 0) is 38.8 Å². The standard InChI is InChI=1S/C20H28N2O6S/c1-16(2)19(24)28-15-13-21-20(25)22(14-9-5-6-10-17(3)23)29(26,27)18-11-7-4-8-12-18/h4,7-8,11-12H,1,5-6,9-10,13-15H2,2-3H3,(H,21,25). The molecule has 2 amide bonds. The number of amides is 2. The number of carbonyl (C=O) groups is 3. The van der Waals surface area contributed by atoms with Gasteiger partial charge in [-0.3, -0.25) is 0 Å². The number of benzene rings is 1. The molecule has 0 radical (unpaired) electrons. The molecule has 0 atom stereocenters. The summed E-state index contributed by atoms with van der Waals surface area (Å²) in [5, 5.41) is 2.46. The molecule has 0 saturated carbocycles. The Hall–Kier alpha value is -2.68. The Balaban J connectivity index is 2.76. The zero-order valence-electron chi connectivity index (χ0n) is 16.8. The molecule has 1 aromatic carbocycles. The number of ketones is 1. The molecule has 0 aliphatic carbocycles. The van der Waals surface area contributed by atoms with Crippen molar-refractivity contribution >= 4 is 27.8 Å². The number of rotatable bonds is 12. The fraction of sp³-hybridized carbons (Fsp3) is 0.450. The summed E-state index contributed by atoms with van der Waals surface area (Å²) in [6.07, 6.45) is 2.10. The minimum Gasteiger partial charge on any atom is -0.460 e. The number of urea groups is 1. The largest absolute Gasteiger partial charge is 0.460 e. The van der Waals surface area contributed by atoms with Crippen LogP contribution in [0.15, 0.2) is 47.4 Å². The fourth-order valence-corrected chi connectivity index (χ4v) is 3.78. The number of esters is 1. The minimum absolute atomic E-state index is 0.00703. The smallest absolute Gasteiger partial charge is 0.333 e. The lowest BCUT2D eigenvalue weighted by Gasteiger charge is -2.23. The maximum Gasteiger partial charge on any atom is 0.333 e. The lowest BCUT2D eigenvalue weighted by molar-refractivity contribution is -0.138. The Morgan fingerprint density at radius 3 is 2.31 bits per heavy atom. The Kier molecular flexibility index (Phi) is 10.1. The van der Waals surface area contributed by atoms with Crippen LogP contribution in [0.4, 0.5) is 4.79 Å². The van der Waals surface area contributed by atoms with Crippen LogP contribution in [0.3, 0.4) is 0 Å². The first kappa shape index (κ1) is 24.4. The molecule has 29 heavy (non-hydrogen) atoms. The molecule has 0 unspecified atom stereocenters. The topological polar surface area (TPSA) is 110 Å². The van der Waals surface area contributed by atoms with Gasteiger partial charge in [-0.25, -0.2) is 22.3 Å². The zero-order chi connectivity index (χ0) is 21.9. The predicted octanol–water partition coefficient (Wildman–Crippen LogP) is 2.66. The molecule has 0 saturated heterocycles. The SMILES string of the molecule is C=C(C)C(=O)OCCNC(=O)N(CCCCCC(C)=O)S(=O)(=O)c1ccccc1. The van der Waals surface area contributed by atoms with Gasteiger partial charge in [0.2, 0.25) is 0 Å². The highest BCUT2D eigenvalue weighted by molar-refractivity contribution is 7.89. The van der Waals surface area contributed by atoms with Crippen molar-refractivity contribution in [2.45, 2.75) is 44.4 Å². The summed E-state index contributed by atoms with van der Waals surface area (Å²) in [6, 6.07) is 6.87. The van der Waals surface area contributed by atoms with E-state index >= 15 is 0 Å². The predicted molar refractivity (Wildman–Crippen MR) is 109 cm³/mol. The van der Waals surface area contributed by atoms with Crippen LogP contribution in [0.25, 0.3) is 0 Å². The zero-order valence-corrected chi connectivity index (χ0v) is 17.7. The molecular weight excluding hydrogens is 396 g/mol. The van der Waals surface area contributed by atoms with Gasteiger partial charge in [0, 0.05) is 18.5 Å². The summed E-state index contributed by atoms with van der Waals surface area (Å²) >= 11 is 0. The molecule has 1 rings (SSSR count). The molecular formula is C20H28N2O6S. The molecule has 160 valence electrons. The quantitative estimate of drug-likeness (QED) is 0.314. The van der Waals surface area contributed by atoms with Crippen LogP contribution in [0.5, 0.6) is 0 Å². The van der Waals surface area contributed by atoms with E-state index in [4.69, 9.17) is 4.74 Å². The van der Waals surface area contributed by atoms with E-state index in [1.54, 1.807) is 18.2 Å². The van der Waals surface area contributed by atoms with Crippen LogP contribution < -0.4 is 5.32 Å². The first-order chi connectivity index (χ1) is 13.7. The summed E-state index contributed by atoms with van der Waals surface area (Å²) in [4.78, 5) is 34.9. The molecule has 0 fully saturated rings. The van der Waals surface area contributed by atoms with Crippen LogP contribution in [-0.2, 0) is 24.3 Å². The van der Waals surface area contributed by atoms with Gasteiger partial charge in [-0.15, -0.1) is 0 Å². The molecule has 1 aromatic rings. The maximum absolute atomic E-state index is 12.9. The Labute approximate surface area is 172 Å². The second kappa shape index (κ2) is 12.0. The minimum atomic E-state index is -4.04. The Morgan fingerprint density at radius 1 is 1.07 bits per heavy atom. The van der Waals surface area contributed by atoms with Crippen molar-refractivity contribution in [2.24, 2.45) is 0 Å². The van der Waals surface area contributed by atoms with Crippen molar-refractivity contribution in [2.75, 3.05) is 19.7 Å². The lowest BCUT2D eigenvalue weighted by Crippen LogP contribution is -2.45. The van der Waals surface area contributed by atoms with Crippen molar-refractivity contribution < 1.29 is 27.5 Å². The third-order valence-corrected chi connectivity index (χ3v) is 5.70. The van der Waals surface area contributed by atoms with Crippen molar-refractivity contribution in [3.05, 3.63) is 42.5 Å². The van der Waals surface area contributed by atoms with Crippen molar-refractivity contribution in [3.63, 3.8) is 0 Å². The summed E-state index contributed by atoms with van der Waals surface area (Å²) in [7, 11) is -4.04. The van der Waals surface area contributed by atoms with Crippen LogP contribution in [0.1, 0.15) is 39.5 Å². The van der Waals surface area contributed by atoms with Crippen LogP contribution in [0, 0.1) is 0 Å². The first-order valence-corrected chi connectivity index (χ1v) is 10.8. The Morgan fingerprint density at radius 2 is 1.72 bits per heavy atom. The maximum atomic E-state index is 12.9. The van der Waals surface area contributed by atoms with E-state index in [-0.39, 0.29) is 35.9 Å². The van der Waals surface area contributed by atoms with Gasteiger partial charge < -0.3 is 14.8 Å². The van der Waals surface area contributed by atoms with Gasteiger partial charge in [0.05, 0.1) is 11.4 Å². The average molecular weight is 425 g/mol. The molecule has 0 spiro atoms. The highest BCUT2D eigenvalue weighted by atomic mass is 32.2. The van der Waals surface area contributed by atoms with Crippen LogP contribution in [-0.4, -0.2) is 50.2 Å². The van der Waals surface area contributed by atoms with Crippen molar-refractivity contribution in [3.8, 4) is 0 Å². The summed E-state index contributed by atoms with van der Waals surface area (Å²) in [6.45, 7) is 6.29. The van der Waals surface area contributed by atoms with E-state index < -0.39 is 22.0 Å². The third kappa shape index (κ3) is 8.47. The third-order valence-electron chi connectivity index (χ3n) is 3.91. The number of hydrogen-bond donors (Lipinski definition) is 1. The van der Waals surface area contributed by atoms with Crippen molar-refractivity contribution in [1.82, 2.24) is 9.62 Å². The average Bonchev–Trinajstić information content (AvgIpc) is 2.67. The second-order valence-electron chi connectivity index (χ2n) is 6.55. The summed E-state index contributed by atoms with van der Waals surface area (Å²) < 4.78 is 31.4. The summed E-state index contributed by atoms with van der Waals surface area (Å²) in [5.41, 5.74) is 0.232. The lowest BCUT2D eigenvalue weighted by atomic mass is 10.1. The van der Waals surface area contributed by atoms with E-state index in [1.807, 2.05) is 0 Å². The molecule has 0 aliphatic rings. The highest BCUT2D eigenvalue weighted by Gasteiger charge is 2.28. The number of Topliss-reactive ketones (excluding diaryl/α,β-unsaturated/α-hetero) is 1. The van der Waals surface area contributed by atoms with Gasteiger partial charge in [0.15, 0.2) is 0 Å². The van der Waals surface area contributed by atoms with Gasteiger partial charge in [0.1, 0.15) is 12.4 Å². The molecule has 1 N–H and O–H groups in total. The molecule has 8 nitrogen and oxygen atoms in total. The van der Waals surface area contributed by atoms with E-state index in [1.165, 1.54) is 26.0 Å². The fourth-order valence-electron chi connectivity index (χ4n) is 2.37. The van der Waals surface area contributed by atoms with Crippen LogP contribution >= 0.6 is 0 Å². The van der Waals surface area contributed by atoms with E-state index in [0.717, 1.165) is 4.31 Å². The number of hydrogen-bond acceptors (Lipinski definition) is 6. The molecule has 0 aromatic heterocycles. The number of nitrogens with zero attached hydrogens (tertiary/aromatic N) is 1. The molecule has 0 aliphatic heterocycles. The second-order valence-corrected chi connectivity index (χ2v) is 8.41. The van der Waals surface area contributed by atoms with Crippen molar-refractivity contribution in [1.29, 1.82) is 0 Å². The normalized spacial score (nSPS) is 10.8. The van der Waals surface area contributed by atoms with Gasteiger partial charge in [-0.1, -0.05) is 31.2 Å².